The minimum absolute atomic E-state index is 0. The Morgan fingerprint density at radius 2 is 2.07 bits per heavy atom. The van der Waals surface area contributed by atoms with Crippen molar-refractivity contribution in [3.8, 4) is 0 Å². The number of ether oxygens (including phenoxy) is 1. The first-order chi connectivity index (χ1) is 13.7. The van der Waals surface area contributed by atoms with Gasteiger partial charge < -0.3 is 15.4 Å². The molecule has 1 aliphatic rings. The van der Waals surface area contributed by atoms with Crippen molar-refractivity contribution in [2.24, 2.45) is 4.99 Å². The number of hydrogen-bond acceptors (Lipinski definition) is 4. The van der Waals surface area contributed by atoms with Gasteiger partial charge in [0.15, 0.2) is 5.96 Å². The smallest absolute Gasteiger partial charge is 0.191 e. The van der Waals surface area contributed by atoms with E-state index >= 15 is 0 Å². The topological polar surface area (TPSA) is 61.8 Å². The third-order valence-corrected chi connectivity index (χ3v) is 4.81. The zero-order valence-electron chi connectivity index (χ0n) is 17.3. The number of pyridine rings is 1. The number of rotatable bonds is 7. The summed E-state index contributed by atoms with van der Waals surface area (Å²) in [6.07, 6.45) is 3.01. The fraction of sp³-hybridized carbons (Fsp3) is 0.455. The molecule has 29 heavy (non-hydrogen) atoms. The maximum absolute atomic E-state index is 5.63. The fourth-order valence-corrected chi connectivity index (χ4v) is 3.39. The van der Waals surface area contributed by atoms with Crippen LogP contribution in [0.5, 0.6) is 0 Å². The normalized spacial score (nSPS) is 17.4. The van der Waals surface area contributed by atoms with Crippen molar-refractivity contribution in [2.75, 3.05) is 33.3 Å². The van der Waals surface area contributed by atoms with E-state index in [-0.39, 0.29) is 24.0 Å². The summed E-state index contributed by atoms with van der Waals surface area (Å²) in [5, 5.41) is 6.74. The highest BCUT2D eigenvalue weighted by Gasteiger charge is 2.16. The molecule has 2 aromatic rings. The van der Waals surface area contributed by atoms with E-state index in [1.54, 1.807) is 7.05 Å². The average Bonchev–Trinajstić information content (AvgIpc) is 2.71. The number of hydrogen-bond donors (Lipinski definition) is 2. The van der Waals surface area contributed by atoms with E-state index < -0.39 is 0 Å². The molecular formula is C22H32IN5O. The van der Waals surface area contributed by atoms with Crippen LogP contribution in [0.2, 0.25) is 0 Å². The summed E-state index contributed by atoms with van der Waals surface area (Å²) >= 11 is 0. The molecule has 7 heteroatoms. The Morgan fingerprint density at radius 3 is 2.83 bits per heavy atom. The number of nitrogens with zero attached hydrogens (tertiary/aromatic N) is 3. The van der Waals surface area contributed by atoms with Gasteiger partial charge in [-0.25, -0.2) is 0 Å². The predicted molar refractivity (Wildman–Crippen MR) is 129 cm³/mol. The van der Waals surface area contributed by atoms with Gasteiger partial charge in [0, 0.05) is 58.1 Å². The molecule has 0 bridgehead atoms. The first-order valence-corrected chi connectivity index (χ1v) is 9.99. The maximum atomic E-state index is 5.63. The van der Waals surface area contributed by atoms with Crippen molar-refractivity contribution < 1.29 is 4.74 Å². The maximum Gasteiger partial charge on any atom is 0.191 e. The van der Waals surface area contributed by atoms with Crippen LogP contribution in [-0.4, -0.2) is 55.2 Å². The van der Waals surface area contributed by atoms with Gasteiger partial charge in [-0.05, 0) is 30.2 Å². The quantitative estimate of drug-likeness (QED) is 0.342. The molecule has 1 saturated heterocycles. The third-order valence-electron chi connectivity index (χ3n) is 4.81. The second kappa shape index (κ2) is 12.8. The van der Waals surface area contributed by atoms with Gasteiger partial charge in [0.05, 0.1) is 12.7 Å². The van der Waals surface area contributed by atoms with Crippen LogP contribution in [0.3, 0.4) is 0 Å². The van der Waals surface area contributed by atoms with E-state index in [2.05, 4.69) is 56.7 Å². The lowest BCUT2D eigenvalue weighted by atomic mass is 10.1. The molecule has 0 aliphatic carbocycles. The number of guanidine groups is 1. The molecular weight excluding hydrogens is 477 g/mol. The molecule has 1 aromatic heterocycles. The molecule has 1 aliphatic heterocycles. The Kier molecular flexibility index (Phi) is 10.4. The van der Waals surface area contributed by atoms with Crippen molar-refractivity contribution in [2.45, 2.75) is 32.5 Å². The lowest BCUT2D eigenvalue weighted by Gasteiger charge is -2.31. The molecule has 1 unspecified atom stereocenters. The molecule has 0 saturated carbocycles. The molecule has 1 atom stereocenters. The molecule has 0 radical (unpaired) electrons. The van der Waals surface area contributed by atoms with Crippen LogP contribution in [-0.2, 0) is 24.2 Å². The SMILES string of the molecule is CN=C(NCCc1ccccn1)NCc1cccc(CN2CCOC(C)C2)c1.I. The summed E-state index contributed by atoms with van der Waals surface area (Å²) in [5.41, 5.74) is 3.67. The third kappa shape index (κ3) is 8.28. The van der Waals surface area contributed by atoms with Gasteiger partial charge in [0.2, 0.25) is 0 Å². The first kappa shape index (κ1) is 23.6. The van der Waals surface area contributed by atoms with E-state index in [1.165, 1.54) is 11.1 Å². The predicted octanol–water partition coefficient (Wildman–Crippen LogP) is 2.83. The Hall–Kier alpha value is -1.71. The molecule has 1 fully saturated rings. The summed E-state index contributed by atoms with van der Waals surface area (Å²) in [4.78, 5) is 11.1. The van der Waals surface area contributed by atoms with Crippen LogP contribution in [0.25, 0.3) is 0 Å². The molecule has 1 aromatic carbocycles. The number of aromatic nitrogens is 1. The van der Waals surface area contributed by atoms with Crippen molar-refractivity contribution in [3.05, 3.63) is 65.5 Å². The van der Waals surface area contributed by atoms with Crippen molar-refractivity contribution in [1.29, 1.82) is 0 Å². The first-order valence-electron chi connectivity index (χ1n) is 9.99. The zero-order chi connectivity index (χ0) is 19.6. The molecule has 2 N–H and O–H groups in total. The second-order valence-electron chi connectivity index (χ2n) is 7.16. The van der Waals surface area contributed by atoms with Crippen LogP contribution in [0.4, 0.5) is 0 Å². The minimum atomic E-state index is 0. The second-order valence-corrected chi connectivity index (χ2v) is 7.16. The summed E-state index contributed by atoms with van der Waals surface area (Å²) in [6.45, 7) is 7.47. The number of benzene rings is 1. The summed E-state index contributed by atoms with van der Waals surface area (Å²) < 4.78 is 5.63. The highest BCUT2D eigenvalue weighted by molar-refractivity contribution is 14.0. The number of morpholine rings is 1. The Balaban J connectivity index is 0.00000300. The van der Waals surface area contributed by atoms with Gasteiger partial charge in [-0.1, -0.05) is 30.3 Å². The summed E-state index contributed by atoms with van der Waals surface area (Å²) in [7, 11) is 1.80. The van der Waals surface area contributed by atoms with Crippen LogP contribution in [0, 0.1) is 0 Å². The Morgan fingerprint density at radius 1 is 1.21 bits per heavy atom. The molecule has 158 valence electrons. The van der Waals surface area contributed by atoms with Crippen LogP contribution in [0.1, 0.15) is 23.7 Å². The highest BCUT2D eigenvalue weighted by Crippen LogP contribution is 2.12. The van der Waals surface area contributed by atoms with Gasteiger partial charge in [0.1, 0.15) is 0 Å². The number of halogens is 1. The van der Waals surface area contributed by atoms with Gasteiger partial charge in [-0.2, -0.15) is 0 Å². The monoisotopic (exact) mass is 509 g/mol. The van der Waals surface area contributed by atoms with Crippen LogP contribution >= 0.6 is 24.0 Å². The number of aliphatic imine (C=N–C) groups is 1. The van der Waals surface area contributed by atoms with Crippen molar-refractivity contribution in [1.82, 2.24) is 20.5 Å². The highest BCUT2D eigenvalue weighted by atomic mass is 127. The van der Waals surface area contributed by atoms with E-state index in [1.807, 2.05) is 24.4 Å². The number of nitrogens with one attached hydrogen (secondary N) is 2. The average molecular weight is 509 g/mol. The Labute approximate surface area is 191 Å². The molecule has 0 spiro atoms. The van der Waals surface area contributed by atoms with Gasteiger partial charge in [0.25, 0.3) is 0 Å². The van der Waals surface area contributed by atoms with E-state index in [0.717, 1.165) is 57.4 Å². The lowest BCUT2D eigenvalue weighted by molar-refractivity contribution is -0.0212. The molecule has 3 rings (SSSR count). The lowest BCUT2D eigenvalue weighted by Crippen LogP contribution is -2.40. The Bertz CT molecular complexity index is 756. The standard InChI is InChI=1S/C22H31N5O.HI/c1-18-16-27(12-13-28-18)17-20-7-5-6-19(14-20)15-26-22(23-2)25-11-9-21-8-3-4-10-24-21;/h3-8,10,14,18H,9,11-13,15-17H2,1-2H3,(H2,23,25,26);1H. The minimum Gasteiger partial charge on any atom is -0.376 e. The molecule has 6 nitrogen and oxygen atoms in total. The van der Waals surface area contributed by atoms with Crippen LogP contribution < -0.4 is 10.6 Å². The van der Waals surface area contributed by atoms with Crippen LogP contribution in [0.15, 0.2) is 53.7 Å². The summed E-state index contributed by atoms with van der Waals surface area (Å²) in [6, 6.07) is 14.7. The molecule has 0 amide bonds. The van der Waals surface area contributed by atoms with Gasteiger partial charge >= 0.3 is 0 Å². The zero-order valence-corrected chi connectivity index (χ0v) is 19.6. The van der Waals surface area contributed by atoms with Gasteiger partial charge in [-0.15, -0.1) is 24.0 Å². The van der Waals surface area contributed by atoms with E-state index in [0.29, 0.717) is 6.10 Å². The van der Waals surface area contributed by atoms with E-state index in [9.17, 15) is 0 Å². The van der Waals surface area contributed by atoms with Crippen molar-refractivity contribution >= 4 is 29.9 Å². The molecule has 2 heterocycles. The van der Waals surface area contributed by atoms with E-state index in [4.69, 9.17) is 4.74 Å². The van der Waals surface area contributed by atoms with Gasteiger partial charge in [-0.3, -0.25) is 14.9 Å². The largest absolute Gasteiger partial charge is 0.376 e. The van der Waals surface area contributed by atoms with Crippen molar-refractivity contribution in [3.63, 3.8) is 0 Å². The fourth-order valence-electron chi connectivity index (χ4n) is 3.39. The summed E-state index contributed by atoms with van der Waals surface area (Å²) in [5.74, 6) is 0.809.